The molecule has 0 radical (unpaired) electrons. The van der Waals surface area contributed by atoms with E-state index in [0.717, 1.165) is 25.9 Å². The lowest BCUT2D eigenvalue weighted by atomic mass is 10.4. The molecular weight excluding hydrogens is 164 g/mol. The van der Waals surface area contributed by atoms with Crippen molar-refractivity contribution in [3.63, 3.8) is 0 Å². The second-order valence-electron chi connectivity index (χ2n) is 2.86. The summed E-state index contributed by atoms with van der Waals surface area (Å²) in [5.41, 5.74) is 0. The number of hydrogen-bond donors (Lipinski definition) is 0. The topological polar surface area (TPSA) is 40.6 Å². The van der Waals surface area contributed by atoms with Gasteiger partial charge < -0.3 is 0 Å². The quantitative estimate of drug-likeness (QED) is 0.592. The van der Waals surface area contributed by atoms with Gasteiger partial charge >= 0.3 is 0 Å². The minimum absolute atomic E-state index is 0.865. The van der Waals surface area contributed by atoms with Crippen molar-refractivity contribution in [3.05, 3.63) is 0 Å². The summed E-state index contributed by atoms with van der Waals surface area (Å²) in [6, 6.07) is 0. The number of nitrogens with zero attached hydrogens (tertiary/aromatic N) is 2. The summed E-state index contributed by atoms with van der Waals surface area (Å²) in [7, 11) is -1.43. The maximum atomic E-state index is 11.0. The SMILES string of the molecule is CN(N1CCCC1)S(C)(=O)=O. The van der Waals surface area contributed by atoms with Gasteiger partial charge in [-0.3, -0.25) is 0 Å². The summed E-state index contributed by atoms with van der Waals surface area (Å²) >= 11 is 0. The van der Waals surface area contributed by atoms with Gasteiger partial charge in [0.1, 0.15) is 0 Å². The van der Waals surface area contributed by atoms with Gasteiger partial charge in [0.05, 0.1) is 6.26 Å². The van der Waals surface area contributed by atoms with E-state index in [-0.39, 0.29) is 0 Å². The van der Waals surface area contributed by atoms with E-state index in [1.54, 1.807) is 7.05 Å². The van der Waals surface area contributed by atoms with Crippen LogP contribution in [0.3, 0.4) is 0 Å². The van der Waals surface area contributed by atoms with Crippen LogP contribution in [0.4, 0.5) is 0 Å². The molecule has 4 nitrogen and oxygen atoms in total. The Kier molecular flexibility index (Phi) is 2.51. The van der Waals surface area contributed by atoms with Gasteiger partial charge in [0.2, 0.25) is 10.0 Å². The van der Waals surface area contributed by atoms with Gasteiger partial charge in [0, 0.05) is 20.1 Å². The van der Waals surface area contributed by atoms with Crippen molar-refractivity contribution in [2.75, 3.05) is 26.4 Å². The molecule has 0 aromatic heterocycles. The molecule has 0 unspecified atom stereocenters. The molecule has 0 atom stereocenters. The molecule has 1 fully saturated rings. The van der Waals surface area contributed by atoms with E-state index in [4.69, 9.17) is 0 Å². The summed E-state index contributed by atoms with van der Waals surface area (Å²) in [5, 5.41) is 1.86. The normalized spacial score (nSPS) is 21.4. The van der Waals surface area contributed by atoms with E-state index >= 15 is 0 Å². The van der Waals surface area contributed by atoms with Crippen LogP contribution < -0.4 is 0 Å². The van der Waals surface area contributed by atoms with Gasteiger partial charge in [0.25, 0.3) is 0 Å². The molecule has 0 bridgehead atoms. The molecule has 1 rings (SSSR count). The Morgan fingerprint density at radius 2 is 1.73 bits per heavy atom. The molecule has 5 heteroatoms. The zero-order chi connectivity index (χ0) is 8.48. The lowest BCUT2D eigenvalue weighted by Gasteiger charge is -2.24. The van der Waals surface area contributed by atoms with Crippen LogP contribution in [-0.2, 0) is 10.0 Å². The Bertz CT molecular complexity index is 219. The lowest BCUT2D eigenvalue weighted by molar-refractivity contribution is 0.119. The summed E-state index contributed by atoms with van der Waals surface area (Å²) in [6.45, 7) is 1.73. The fraction of sp³-hybridized carbons (Fsp3) is 1.00. The number of hydrazine groups is 1. The first-order chi connectivity index (χ1) is 5.02. The smallest absolute Gasteiger partial charge is 0.223 e. The van der Waals surface area contributed by atoms with Crippen molar-refractivity contribution in [3.8, 4) is 0 Å². The van der Waals surface area contributed by atoms with Crippen molar-refractivity contribution in [1.29, 1.82) is 0 Å². The first-order valence-corrected chi connectivity index (χ1v) is 5.55. The maximum absolute atomic E-state index is 11.0. The summed E-state index contributed by atoms with van der Waals surface area (Å²) in [4.78, 5) is 0. The molecule has 0 N–H and O–H groups in total. The van der Waals surface area contributed by atoms with Gasteiger partial charge in [0.15, 0.2) is 0 Å². The number of sulfonamides is 1. The molecular formula is C6H14N2O2S. The average Bonchev–Trinajstić information content (AvgIpc) is 2.34. The second-order valence-corrected chi connectivity index (χ2v) is 4.85. The highest BCUT2D eigenvalue weighted by Crippen LogP contribution is 2.11. The molecule has 1 saturated heterocycles. The Labute approximate surface area is 67.8 Å². The van der Waals surface area contributed by atoms with Crippen LogP contribution >= 0.6 is 0 Å². The maximum Gasteiger partial charge on any atom is 0.223 e. The zero-order valence-corrected chi connectivity index (χ0v) is 7.76. The molecule has 0 amide bonds. The Hall–Kier alpha value is -0.130. The minimum Gasteiger partial charge on any atom is -0.228 e. The van der Waals surface area contributed by atoms with Gasteiger partial charge in [-0.2, -0.15) is 0 Å². The minimum atomic E-state index is -3.03. The van der Waals surface area contributed by atoms with E-state index < -0.39 is 10.0 Å². The summed E-state index contributed by atoms with van der Waals surface area (Å²) in [6.07, 6.45) is 3.42. The average molecular weight is 178 g/mol. The van der Waals surface area contributed by atoms with Gasteiger partial charge in [-0.15, -0.1) is 4.41 Å². The highest BCUT2D eigenvalue weighted by atomic mass is 32.2. The van der Waals surface area contributed by atoms with Crippen LogP contribution in [0.15, 0.2) is 0 Å². The largest absolute Gasteiger partial charge is 0.228 e. The highest BCUT2D eigenvalue weighted by molar-refractivity contribution is 7.88. The van der Waals surface area contributed by atoms with Crippen LogP contribution in [0.1, 0.15) is 12.8 Å². The third-order valence-corrected chi connectivity index (χ3v) is 3.15. The fourth-order valence-electron chi connectivity index (χ4n) is 1.19. The van der Waals surface area contributed by atoms with E-state index in [1.807, 2.05) is 5.01 Å². The van der Waals surface area contributed by atoms with Crippen molar-refractivity contribution in [2.45, 2.75) is 12.8 Å². The van der Waals surface area contributed by atoms with E-state index in [1.165, 1.54) is 10.7 Å². The number of hydrogen-bond acceptors (Lipinski definition) is 3. The van der Waals surface area contributed by atoms with Crippen molar-refractivity contribution >= 4 is 10.0 Å². The fourth-order valence-corrected chi connectivity index (χ4v) is 1.77. The van der Waals surface area contributed by atoms with Crippen LogP contribution in [0.2, 0.25) is 0 Å². The van der Waals surface area contributed by atoms with Crippen LogP contribution in [0, 0.1) is 0 Å². The second kappa shape index (κ2) is 3.08. The van der Waals surface area contributed by atoms with E-state index in [0.29, 0.717) is 0 Å². The van der Waals surface area contributed by atoms with Gasteiger partial charge in [-0.1, -0.05) is 0 Å². The third kappa shape index (κ3) is 2.15. The third-order valence-electron chi connectivity index (χ3n) is 1.96. The standard InChI is InChI=1S/C6H14N2O2S/c1-7(11(2,9)10)8-5-3-4-6-8/h3-6H2,1-2H3. The zero-order valence-electron chi connectivity index (χ0n) is 6.95. The predicted molar refractivity (Wildman–Crippen MR) is 43.4 cm³/mol. The van der Waals surface area contributed by atoms with Gasteiger partial charge in [-0.25, -0.2) is 13.4 Å². The molecule has 0 aromatic rings. The Morgan fingerprint density at radius 3 is 2.09 bits per heavy atom. The molecule has 0 spiro atoms. The lowest BCUT2D eigenvalue weighted by Crippen LogP contribution is -2.41. The van der Waals surface area contributed by atoms with Crippen LogP contribution in [0.25, 0.3) is 0 Å². The molecule has 66 valence electrons. The van der Waals surface area contributed by atoms with E-state index in [9.17, 15) is 8.42 Å². The summed E-state index contributed by atoms with van der Waals surface area (Å²) < 4.78 is 23.3. The molecule has 0 saturated carbocycles. The van der Waals surface area contributed by atoms with E-state index in [2.05, 4.69) is 0 Å². The van der Waals surface area contributed by atoms with Crippen LogP contribution in [0.5, 0.6) is 0 Å². The van der Waals surface area contributed by atoms with Crippen molar-refractivity contribution in [1.82, 2.24) is 9.42 Å². The monoisotopic (exact) mass is 178 g/mol. The Morgan fingerprint density at radius 1 is 1.27 bits per heavy atom. The summed E-state index contributed by atoms with van der Waals surface area (Å²) in [5.74, 6) is 0. The van der Waals surface area contributed by atoms with Gasteiger partial charge in [-0.05, 0) is 12.8 Å². The highest BCUT2D eigenvalue weighted by Gasteiger charge is 2.22. The van der Waals surface area contributed by atoms with Crippen molar-refractivity contribution in [2.24, 2.45) is 0 Å². The van der Waals surface area contributed by atoms with Crippen molar-refractivity contribution < 1.29 is 8.42 Å². The Balaban J connectivity index is 2.60. The van der Waals surface area contributed by atoms with Crippen LogP contribution in [-0.4, -0.2) is 44.2 Å². The first-order valence-electron chi connectivity index (χ1n) is 3.70. The predicted octanol–water partition coefficient (Wildman–Crippen LogP) is -0.111. The molecule has 0 aliphatic carbocycles. The first kappa shape index (κ1) is 8.96. The molecule has 1 heterocycles. The molecule has 1 aliphatic heterocycles. The molecule has 11 heavy (non-hydrogen) atoms. The molecule has 1 aliphatic rings. The molecule has 0 aromatic carbocycles. The number of rotatable bonds is 2.